The van der Waals surface area contributed by atoms with E-state index in [4.69, 9.17) is 9.47 Å². The summed E-state index contributed by atoms with van der Waals surface area (Å²) in [5.74, 6) is 1.49. The standard InChI is InChI=1S/C16H22N2O3/c1-2-3-4-7-17-9-11-10-20-14-6-5-13-12(16(14)21-11)8-15(19)18-13/h5-6,11,17H,2-4,7-10H2,1H3,(H,18,19). The Balaban J connectivity index is 1.60. The summed E-state index contributed by atoms with van der Waals surface area (Å²) in [5.41, 5.74) is 1.77. The lowest BCUT2D eigenvalue weighted by atomic mass is 10.1. The van der Waals surface area contributed by atoms with Crippen LogP contribution in [0.3, 0.4) is 0 Å². The third-order valence-corrected chi connectivity index (χ3v) is 3.87. The average Bonchev–Trinajstić information content (AvgIpc) is 2.88. The van der Waals surface area contributed by atoms with Crippen LogP contribution in [0, 0.1) is 0 Å². The van der Waals surface area contributed by atoms with E-state index >= 15 is 0 Å². The van der Waals surface area contributed by atoms with E-state index in [1.54, 1.807) is 0 Å². The molecule has 1 aromatic carbocycles. The van der Waals surface area contributed by atoms with E-state index in [0.29, 0.717) is 13.0 Å². The number of ether oxygens (including phenoxy) is 2. The van der Waals surface area contributed by atoms with Gasteiger partial charge in [0.2, 0.25) is 5.91 Å². The van der Waals surface area contributed by atoms with Gasteiger partial charge in [-0.1, -0.05) is 19.8 Å². The number of anilines is 1. The van der Waals surface area contributed by atoms with Crippen molar-refractivity contribution in [1.82, 2.24) is 5.32 Å². The number of amides is 1. The Morgan fingerprint density at radius 1 is 1.38 bits per heavy atom. The molecule has 5 nitrogen and oxygen atoms in total. The Morgan fingerprint density at radius 2 is 2.29 bits per heavy atom. The minimum absolute atomic E-state index is 0.00123. The minimum atomic E-state index is 0.00123. The summed E-state index contributed by atoms with van der Waals surface area (Å²) < 4.78 is 11.8. The maximum atomic E-state index is 11.5. The van der Waals surface area contributed by atoms with E-state index in [1.807, 2.05) is 12.1 Å². The van der Waals surface area contributed by atoms with Crippen LogP contribution in [0.5, 0.6) is 11.5 Å². The van der Waals surface area contributed by atoms with Crippen molar-refractivity contribution in [3.8, 4) is 11.5 Å². The maximum absolute atomic E-state index is 11.5. The summed E-state index contributed by atoms with van der Waals surface area (Å²) in [5, 5.41) is 6.25. The monoisotopic (exact) mass is 290 g/mol. The highest BCUT2D eigenvalue weighted by Crippen LogP contribution is 2.41. The maximum Gasteiger partial charge on any atom is 0.229 e. The summed E-state index contributed by atoms with van der Waals surface area (Å²) in [4.78, 5) is 11.5. The Morgan fingerprint density at radius 3 is 3.14 bits per heavy atom. The van der Waals surface area contributed by atoms with Crippen LogP contribution in [0.1, 0.15) is 31.7 Å². The molecule has 21 heavy (non-hydrogen) atoms. The number of benzene rings is 1. The molecule has 3 rings (SSSR count). The Kier molecular flexibility index (Phi) is 4.29. The van der Waals surface area contributed by atoms with Crippen LogP contribution in [0.25, 0.3) is 0 Å². The minimum Gasteiger partial charge on any atom is -0.486 e. The molecule has 0 bridgehead atoms. The lowest BCUT2D eigenvalue weighted by Crippen LogP contribution is -2.39. The van der Waals surface area contributed by atoms with Gasteiger partial charge in [0.05, 0.1) is 6.42 Å². The van der Waals surface area contributed by atoms with Crippen LogP contribution in [0.15, 0.2) is 12.1 Å². The summed E-state index contributed by atoms with van der Waals surface area (Å²) >= 11 is 0. The Hall–Kier alpha value is -1.75. The lowest BCUT2D eigenvalue weighted by molar-refractivity contribution is -0.115. The van der Waals surface area contributed by atoms with Gasteiger partial charge in [0.25, 0.3) is 0 Å². The first-order chi connectivity index (χ1) is 10.3. The van der Waals surface area contributed by atoms with Crippen LogP contribution in [0.4, 0.5) is 5.69 Å². The second-order valence-electron chi connectivity index (χ2n) is 5.61. The molecule has 5 heteroatoms. The topological polar surface area (TPSA) is 59.6 Å². The molecule has 0 saturated carbocycles. The highest BCUT2D eigenvalue weighted by atomic mass is 16.6. The van der Waals surface area contributed by atoms with E-state index in [1.165, 1.54) is 19.3 Å². The largest absolute Gasteiger partial charge is 0.486 e. The number of carbonyl (C=O) groups is 1. The fourth-order valence-corrected chi connectivity index (χ4v) is 2.74. The highest BCUT2D eigenvalue weighted by molar-refractivity contribution is 6.00. The van der Waals surface area contributed by atoms with Gasteiger partial charge in [0, 0.05) is 17.8 Å². The molecule has 0 aliphatic carbocycles. The molecule has 1 amide bonds. The molecule has 2 heterocycles. The predicted molar refractivity (Wildman–Crippen MR) is 81.1 cm³/mol. The molecule has 2 aliphatic rings. The highest BCUT2D eigenvalue weighted by Gasteiger charge is 2.29. The van der Waals surface area contributed by atoms with Crippen molar-refractivity contribution in [1.29, 1.82) is 0 Å². The van der Waals surface area contributed by atoms with E-state index < -0.39 is 0 Å². The fraction of sp³-hybridized carbons (Fsp3) is 0.562. The summed E-state index contributed by atoms with van der Waals surface area (Å²) in [7, 11) is 0. The Bertz CT molecular complexity index is 530. The summed E-state index contributed by atoms with van der Waals surface area (Å²) in [6.07, 6.45) is 4.04. The quantitative estimate of drug-likeness (QED) is 0.788. The van der Waals surface area contributed by atoms with Crippen LogP contribution >= 0.6 is 0 Å². The zero-order valence-corrected chi connectivity index (χ0v) is 12.4. The van der Waals surface area contributed by atoms with Crippen molar-refractivity contribution in [2.24, 2.45) is 0 Å². The third-order valence-electron chi connectivity index (χ3n) is 3.87. The summed E-state index contributed by atoms with van der Waals surface area (Å²) in [6, 6.07) is 3.75. The molecule has 0 radical (unpaired) electrons. The second kappa shape index (κ2) is 6.35. The van der Waals surface area contributed by atoms with Gasteiger partial charge in [-0.15, -0.1) is 0 Å². The van der Waals surface area contributed by atoms with Crippen molar-refractivity contribution in [2.75, 3.05) is 25.0 Å². The van der Waals surface area contributed by atoms with Crippen molar-refractivity contribution in [3.63, 3.8) is 0 Å². The van der Waals surface area contributed by atoms with E-state index in [0.717, 1.165) is 35.8 Å². The molecule has 1 unspecified atom stereocenters. The number of unbranched alkanes of at least 4 members (excludes halogenated alkanes) is 2. The number of rotatable bonds is 6. The smallest absolute Gasteiger partial charge is 0.229 e. The zero-order valence-electron chi connectivity index (χ0n) is 12.4. The van der Waals surface area contributed by atoms with E-state index in [-0.39, 0.29) is 12.0 Å². The van der Waals surface area contributed by atoms with Gasteiger partial charge in [-0.25, -0.2) is 0 Å². The van der Waals surface area contributed by atoms with Gasteiger partial charge in [0.1, 0.15) is 12.7 Å². The first-order valence-corrected chi connectivity index (χ1v) is 7.74. The normalized spacial score (nSPS) is 19.3. The van der Waals surface area contributed by atoms with E-state index in [2.05, 4.69) is 17.6 Å². The van der Waals surface area contributed by atoms with Gasteiger partial charge in [-0.3, -0.25) is 4.79 Å². The molecule has 1 aromatic rings. The first kappa shape index (κ1) is 14.2. The number of hydrogen-bond donors (Lipinski definition) is 2. The van der Waals surface area contributed by atoms with Crippen molar-refractivity contribution in [2.45, 2.75) is 38.7 Å². The van der Waals surface area contributed by atoms with Crippen LogP contribution in [-0.2, 0) is 11.2 Å². The Labute approximate surface area is 125 Å². The lowest BCUT2D eigenvalue weighted by Gasteiger charge is -2.28. The zero-order chi connectivity index (χ0) is 14.7. The molecular weight excluding hydrogens is 268 g/mol. The van der Waals surface area contributed by atoms with E-state index in [9.17, 15) is 4.79 Å². The van der Waals surface area contributed by atoms with Crippen molar-refractivity contribution in [3.05, 3.63) is 17.7 Å². The predicted octanol–water partition coefficient (Wildman–Crippen LogP) is 2.10. The van der Waals surface area contributed by atoms with Gasteiger partial charge in [-0.2, -0.15) is 0 Å². The molecule has 0 fully saturated rings. The van der Waals surface area contributed by atoms with Gasteiger partial charge < -0.3 is 20.1 Å². The number of carbonyl (C=O) groups excluding carboxylic acids is 1. The molecule has 0 aromatic heterocycles. The second-order valence-corrected chi connectivity index (χ2v) is 5.61. The number of hydrogen-bond acceptors (Lipinski definition) is 4. The molecular formula is C16H22N2O3. The van der Waals surface area contributed by atoms with Crippen LogP contribution < -0.4 is 20.1 Å². The molecule has 0 spiro atoms. The summed E-state index contributed by atoms with van der Waals surface area (Å²) in [6.45, 7) is 4.53. The van der Waals surface area contributed by atoms with Gasteiger partial charge >= 0.3 is 0 Å². The number of fused-ring (bicyclic) bond motifs is 3. The average molecular weight is 290 g/mol. The molecule has 0 saturated heterocycles. The SMILES string of the molecule is CCCCCNCC1COc2ccc3c(c2O1)CC(=O)N3. The number of nitrogens with one attached hydrogen (secondary N) is 2. The first-order valence-electron chi connectivity index (χ1n) is 7.74. The molecule has 2 N–H and O–H groups in total. The van der Waals surface area contributed by atoms with Crippen LogP contribution in [0.2, 0.25) is 0 Å². The van der Waals surface area contributed by atoms with Crippen molar-refractivity contribution < 1.29 is 14.3 Å². The third kappa shape index (κ3) is 3.13. The van der Waals surface area contributed by atoms with Gasteiger partial charge in [0.15, 0.2) is 11.5 Å². The van der Waals surface area contributed by atoms with Gasteiger partial charge in [-0.05, 0) is 25.1 Å². The molecule has 1 atom stereocenters. The molecule has 114 valence electrons. The fourth-order valence-electron chi connectivity index (χ4n) is 2.74. The van der Waals surface area contributed by atoms with Crippen molar-refractivity contribution >= 4 is 11.6 Å². The molecule has 2 aliphatic heterocycles. The van der Waals surface area contributed by atoms with Crippen LogP contribution in [-0.4, -0.2) is 31.7 Å².